The van der Waals surface area contributed by atoms with E-state index in [1.54, 1.807) is 31.2 Å². The molecule has 1 aromatic heterocycles. The number of halogens is 2. The van der Waals surface area contributed by atoms with E-state index in [9.17, 15) is 13.6 Å². The first-order valence-corrected chi connectivity index (χ1v) is 10.3. The Morgan fingerprint density at radius 1 is 1.25 bits per heavy atom. The van der Waals surface area contributed by atoms with Crippen molar-refractivity contribution < 1.29 is 23.0 Å². The highest BCUT2D eigenvalue weighted by Gasteiger charge is 2.44. The molecule has 0 fully saturated rings. The molecule has 2 atom stereocenters. The summed E-state index contributed by atoms with van der Waals surface area (Å²) >= 11 is 0. The third kappa shape index (κ3) is 3.21. The molecule has 1 amide bonds. The smallest absolute Gasteiger partial charge is 0.387 e. The zero-order valence-corrected chi connectivity index (χ0v) is 17.6. The number of rotatable bonds is 4. The fraction of sp³-hybridized carbons (Fsp3) is 0.333. The monoisotopic (exact) mass is 437 g/mol. The number of ether oxygens (including phenoxy) is 2. The minimum Gasteiger partial charge on any atom is -0.434 e. The average molecular weight is 437 g/mol. The lowest BCUT2D eigenvalue weighted by Gasteiger charge is -2.24. The second-order valence-corrected chi connectivity index (χ2v) is 7.87. The van der Waals surface area contributed by atoms with E-state index in [2.05, 4.69) is 11.8 Å². The topological polar surface area (TPSA) is 56.6 Å². The van der Waals surface area contributed by atoms with Gasteiger partial charge in [-0.1, -0.05) is 17.9 Å². The van der Waals surface area contributed by atoms with Gasteiger partial charge in [0.25, 0.3) is 5.91 Å². The number of nitrogens with zero attached hydrogens (tertiary/aromatic N) is 3. The first-order chi connectivity index (χ1) is 15.5. The first kappa shape index (κ1) is 20.5. The van der Waals surface area contributed by atoms with E-state index in [1.807, 2.05) is 22.8 Å². The number of fused-ring (bicyclic) bond motifs is 9. The molecule has 6 nitrogen and oxygen atoms in total. The van der Waals surface area contributed by atoms with Gasteiger partial charge in [-0.3, -0.25) is 4.79 Å². The van der Waals surface area contributed by atoms with Gasteiger partial charge in [0.2, 0.25) is 0 Å². The van der Waals surface area contributed by atoms with E-state index in [0.717, 1.165) is 22.4 Å². The Kier molecular flexibility index (Phi) is 5.06. The van der Waals surface area contributed by atoms with E-state index < -0.39 is 6.61 Å². The molecule has 2 aliphatic heterocycles. The lowest BCUT2D eigenvalue weighted by atomic mass is 9.97. The van der Waals surface area contributed by atoms with Crippen molar-refractivity contribution >= 4 is 16.9 Å². The number of alkyl halides is 2. The highest BCUT2D eigenvalue weighted by atomic mass is 19.3. The van der Waals surface area contributed by atoms with E-state index in [0.29, 0.717) is 30.6 Å². The van der Waals surface area contributed by atoms with Gasteiger partial charge < -0.3 is 18.9 Å². The third-order valence-electron chi connectivity index (χ3n) is 6.07. The van der Waals surface area contributed by atoms with Crippen molar-refractivity contribution in [1.82, 2.24) is 14.5 Å². The predicted molar refractivity (Wildman–Crippen MR) is 114 cm³/mol. The van der Waals surface area contributed by atoms with Crippen molar-refractivity contribution in [2.75, 3.05) is 20.8 Å². The number of aromatic nitrogens is 2. The Labute approximate surface area is 183 Å². The SMILES string of the molecule is COCCC#Cc1ccc2nc3n(c2c1)[C@@H]1CC3N(C)C(=O)c2cccc(OC(F)F)c21. The van der Waals surface area contributed by atoms with E-state index >= 15 is 0 Å². The molecule has 0 spiro atoms. The maximum Gasteiger partial charge on any atom is 0.387 e. The fourth-order valence-electron chi connectivity index (χ4n) is 4.67. The quantitative estimate of drug-likeness (QED) is 0.455. The average Bonchev–Trinajstić information content (AvgIpc) is 3.29. The van der Waals surface area contributed by atoms with Gasteiger partial charge in [0.05, 0.1) is 29.7 Å². The molecule has 0 saturated heterocycles. The normalized spacial score (nSPS) is 18.9. The Morgan fingerprint density at radius 2 is 2.09 bits per heavy atom. The summed E-state index contributed by atoms with van der Waals surface area (Å²) in [7, 11) is 3.36. The van der Waals surface area contributed by atoms with Crippen LogP contribution in [0.5, 0.6) is 5.75 Å². The van der Waals surface area contributed by atoms with Crippen LogP contribution in [-0.2, 0) is 4.74 Å². The Bertz CT molecular complexity index is 1270. The molecule has 3 heterocycles. The number of hydrogen-bond donors (Lipinski definition) is 0. The van der Waals surface area contributed by atoms with E-state index in [4.69, 9.17) is 14.5 Å². The summed E-state index contributed by atoms with van der Waals surface area (Å²) in [6.45, 7) is -2.42. The van der Waals surface area contributed by atoms with Gasteiger partial charge in [-0.2, -0.15) is 8.78 Å². The lowest BCUT2D eigenvalue weighted by Crippen LogP contribution is -2.30. The van der Waals surface area contributed by atoms with Gasteiger partial charge in [0.1, 0.15) is 11.6 Å². The number of hydrogen-bond acceptors (Lipinski definition) is 4. The molecule has 2 aliphatic rings. The molecule has 0 aliphatic carbocycles. The fourth-order valence-corrected chi connectivity index (χ4v) is 4.67. The third-order valence-corrected chi connectivity index (χ3v) is 6.07. The molecule has 164 valence electrons. The van der Waals surface area contributed by atoms with Crippen LogP contribution in [0.4, 0.5) is 8.78 Å². The van der Waals surface area contributed by atoms with Crippen molar-refractivity contribution in [3.8, 4) is 17.6 Å². The number of imidazole rings is 1. The van der Waals surface area contributed by atoms with Gasteiger partial charge in [0, 0.05) is 43.7 Å². The summed E-state index contributed by atoms with van der Waals surface area (Å²) in [6, 6.07) is 9.88. The molecular weight excluding hydrogens is 416 g/mol. The summed E-state index contributed by atoms with van der Waals surface area (Å²) in [6.07, 6.45) is 1.17. The van der Waals surface area contributed by atoms with Crippen molar-refractivity contribution in [1.29, 1.82) is 0 Å². The zero-order valence-electron chi connectivity index (χ0n) is 17.6. The van der Waals surface area contributed by atoms with Crippen LogP contribution in [0.15, 0.2) is 36.4 Å². The summed E-state index contributed by atoms with van der Waals surface area (Å²) in [5.74, 6) is 6.75. The predicted octanol–water partition coefficient (Wildman–Crippen LogP) is 4.15. The largest absolute Gasteiger partial charge is 0.434 e. The van der Waals surface area contributed by atoms with E-state index in [-0.39, 0.29) is 23.7 Å². The van der Waals surface area contributed by atoms with Crippen molar-refractivity contribution in [2.24, 2.45) is 0 Å². The summed E-state index contributed by atoms with van der Waals surface area (Å²) < 4.78 is 38.2. The molecule has 3 aromatic rings. The molecule has 0 radical (unpaired) electrons. The minimum atomic E-state index is -2.98. The standard InChI is InChI=1S/C24H21F2N3O3/c1-28-19-13-18(21-15(23(28)30)7-5-8-20(21)32-24(25)26)29-17-12-14(6-3-4-11-31-2)9-10-16(17)27-22(19)29/h5,7-10,12,18-19,24H,4,11,13H2,1-2H3/t18-,19?/m1/s1. The van der Waals surface area contributed by atoms with Crippen LogP contribution in [0.3, 0.4) is 0 Å². The van der Waals surface area contributed by atoms with Gasteiger partial charge in [0.15, 0.2) is 0 Å². The molecule has 1 unspecified atom stereocenters. The number of benzene rings is 2. The molecule has 2 aromatic carbocycles. The van der Waals surface area contributed by atoms with Gasteiger partial charge in [-0.25, -0.2) is 4.98 Å². The molecule has 0 N–H and O–H groups in total. The molecule has 0 saturated carbocycles. The van der Waals surface area contributed by atoms with Gasteiger partial charge >= 0.3 is 6.61 Å². The maximum absolute atomic E-state index is 13.2. The van der Waals surface area contributed by atoms with E-state index in [1.165, 1.54) is 6.07 Å². The van der Waals surface area contributed by atoms with Gasteiger partial charge in [-0.05, 0) is 30.3 Å². The number of amides is 1. The lowest BCUT2D eigenvalue weighted by molar-refractivity contribution is -0.0507. The van der Waals surface area contributed by atoms with Crippen LogP contribution in [0.25, 0.3) is 11.0 Å². The van der Waals surface area contributed by atoms with Crippen molar-refractivity contribution in [3.05, 3.63) is 58.9 Å². The van der Waals surface area contributed by atoms with Crippen LogP contribution in [0.2, 0.25) is 0 Å². The second-order valence-electron chi connectivity index (χ2n) is 7.87. The molecule has 32 heavy (non-hydrogen) atoms. The summed E-state index contributed by atoms with van der Waals surface area (Å²) in [4.78, 5) is 19.6. The number of carbonyl (C=O) groups is 1. The number of methoxy groups -OCH3 is 1. The van der Waals surface area contributed by atoms with Crippen LogP contribution in [0.1, 0.15) is 52.2 Å². The number of carbonyl (C=O) groups excluding carboxylic acids is 1. The summed E-state index contributed by atoms with van der Waals surface area (Å²) in [5.41, 5.74) is 3.31. The minimum absolute atomic E-state index is 0.0233. The van der Waals surface area contributed by atoms with Crippen molar-refractivity contribution in [2.45, 2.75) is 31.5 Å². The second kappa shape index (κ2) is 7.92. The van der Waals surface area contributed by atoms with Crippen LogP contribution in [0, 0.1) is 11.8 Å². The maximum atomic E-state index is 13.2. The zero-order chi connectivity index (χ0) is 22.4. The molecule has 2 bridgehead atoms. The Hall–Kier alpha value is -3.44. The summed E-state index contributed by atoms with van der Waals surface area (Å²) in [5, 5.41) is 0. The molecule has 8 heteroatoms. The van der Waals surface area contributed by atoms with Crippen LogP contribution >= 0.6 is 0 Å². The van der Waals surface area contributed by atoms with Crippen LogP contribution < -0.4 is 4.74 Å². The molecular formula is C24H21F2N3O3. The highest BCUT2D eigenvalue weighted by Crippen LogP contribution is 2.49. The Morgan fingerprint density at radius 3 is 2.88 bits per heavy atom. The molecule has 5 rings (SSSR count). The van der Waals surface area contributed by atoms with Crippen LogP contribution in [-0.4, -0.2) is 47.7 Å². The first-order valence-electron chi connectivity index (χ1n) is 10.3. The van der Waals surface area contributed by atoms with Crippen molar-refractivity contribution in [3.63, 3.8) is 0 Å². The highest BCUT2D eigenvalue weighted by molar-refractivity contribution is 5.97. The van der Waals surface area contributed by atoms with Gasteiger partial charge in [-0.15, -0.1) is 0 Å². The Balaban J connectivity index is 1.69.